The van der Waals surface area contributed by atoms with Crippen molar-refractivity contribution in [3.63, 3.8) is 0 Å². The van der Waals surface area contributed by atoms with Crippen LogP contribution in [-0.4, -0.2) is 26.9 Å². The minimum Gasteiger partial charge on any atom is -0.352 e. The molecule has 29 heavy (non-hydrogen) atoms. The van der Waals surface area contributed by atoms with Crippen molar-refractivity contribution in [1.82, 2.24) is 5.32 Å². The standard InChI is InChI=1S/C22H25ClN2O3S/c1-15-2-10-20(11-3-15)29(27,28)25(19-8-6-18(23)7-9-19)14-22(26)24-21-13-16-4-5-17(21)12-16/h2-3,6-11,16-17,21H,4-5,12-14H2,1H3,(H,24,26)/t16-,17-,21-/m1/s1. The molecule has 0 saturated heterocycles. The van der Waals surface area contributed by atoms with Crippen LogP contribution in [0.2, 0.25) is 5.02 Å². The molecular formula is C22H25ClN2O3S. The Morgan fingerprint density at radius 2 is 1.76 bits per heavy atom. The monoisotopic (exact) mass is 432 g/mol. The average Bonchev–Trinajstić information content (AvgIpc) is 3.30. The summed E-state index contributed by atoms with van der Waals surface area (Å²) in [5.74, 6) is 0.962. The minimum absolute atomic E-state index is 0.158. The van der Waals surface area contributed by atoms with E-state index in [1.807, 2.05) is 6.92 Å². The van der Waals surface area contributed by atoms with E-state index >= 15 is 0 Å². The molecule has 2 aliphatic carbocycles. The molecule has 2 bridgehead atoms. The van der Waals surface area contributed by atoms with Crippen LogP contribution in [-0.2, 0) is 14.8 Å². The summed E-state index contributed by atoms with van der Waals surface area (Å²) in [5, 5.41) is 3.59. The van der Waals surface area contributed by atoms with Crippen LogP contribution in [0.4, 0.5) is 5.69 Å². The van der Waals surface area contributed by atoms with Gasteiger partial charge in [-0.05, 0) is 74.4 Å². The number of anilines is 1. The van der Waals surface area contributed by atoms with Gasteiger partial charge in [-0.3, -0.25) is 9.10 Å². The molecular weight excluding hydrogens is 408 g/mol. The average molecular weight is 433 g/mol. The van der Waals surface area contributed by atoms with Crippen LogP contribution in [0.15, 0.2) is 53.4 Å². The molecule has 2 fully saturated rings. The molecule has 0 aliphatic heterocycles. The van der Waals surface area contributed by atoms with Gasteiger partial charge >= 0.3 is 0 Å². The van der Waals surface area contributed by atoms with Crippen LogP contribution in [0.3, 0.4) is 0 Å². The van der Waals surface area contributed by atoms with Crippen molar-refractivity contribution >= 4 is 33.2 Å². The summed E-state index contributed by atoms with van der Waals surface area (Å²) in [6.45, 7) is 1.64. The number of hydrogen-bond acceptors (Lipinski definition) is 3. The molecule has 0 unspecified atom stereocenters. The first-order valence-electron chi connectivity index (χ1n) is 9.97. The summed E-state index contributed by atoms with van der Waals surface area (Å²) >= 11 is 5.97. The SMILES string of the molecule is Cc1ccc(S(=O)(=O)N(CC(=O)N[C@@H]2C[C@@H]3CC[C@@H]2C3)c2ccc(Cl)cc2)cc1. The van der Waals surface area contributed by atoms with Gasteiger partial charge in [0.05, 0.1) is 10.6 Å². The largest absolute Gasteiger partial charge is 0.352 e. The number of halogens is 1. The summed E-state index contributed by atoms with van der Waals surface area (Å²) in [7, 11) is -3.89. The first-order valence-corrected chi connectivity index (χ1v) is 11.8. The Morgan fingerprint density at radius 3 is 2.34 bits per heavy atom. The summed E-state index contributed by atoms with van der Waals surface area (Å²) < 4.78 is 27.8. The number of benzene rings is 2. The number of amides is 1. The van der Waals surface area contributed by atoms with Gasteiger partial charge in [-0.1, -0.05) is 35.7 Å². The van der Waals surface area contributed by atoms with Gasteiger partial charge in [0.1, 0.15) is 6.54 Å². The predicted octanol–water partition coefficient (Wildman–Crippen LogP) is 4.15. The number of aryl methyl sites for hydroxylation is 1. The quantitative estimate of drug-likeness (QED) is 0.745. The second-order valence-electron chi connectivity index (χ2n) is 8.15. The van der Waals surface area contributed by atoms with Crippen LogP contribution in [0.5, 0.6) is 0 Å². The molecule has 4 rings (SSSR count). The highest BCUT2D eigenvalue weighted by Crippen LogP contribution is 2.44. The van der Waals surface area contributed by atoms with Crippen LogP contribution >= 0.6 is 11.6 Å². The maximum absolute atomic E-state index is 13.3. The number of nitrogens with one attached hydrogen (secondary N) is 1. The van der Waals surface area contributed by atoms with E-state index in [1.165, 1.54) is 12.8 Å². The van der Waals surface area contributed by atoms with Crippen molar-refractivity contribution in [2.75, 3.05) is 10.8 Å². The van der Waals surface area contributed by atoms with Crippen LogP contribution < -0.4 is 9.62 Å². The summed E-state index contributed by atoms with van der Waals surface area (Å²) in [4.78, 5) is 13.0. The zero-order valence-electron chi connectivity index (χ0n) is 16.3. The van der Waals surface area contributed by atoms with Crippen molar-refractivity contribution in [3.05, 3.63) is 59.1 Å². The number of carbonyl (C=O) groups excluding carboxylic acids is 1. The Kier molecular flexibility index (Phi) is 5.58. The summed E-state index contributed by atoms with van der Waals surface area (Å²) in [6, 6.07) is 13.3. The molecule has 154 valence electrons. The second-order valence-corrected chi connectivity index (χ2v) is 10.4. The van der Waals surface area contributed by atoms with Crippen molar-refractivity contribution < 1.29 is 13.2 Å². The molecule has 1 N–H and O–H groups in total. The Labute approximate surface area is 177 Å². The van der Waals surface area contributed by atoms with Crippen LogP contribution in [0.25, 0.3) is 0 Å². The number of rotatable bonds is 6. The number of sulfonamides is 1. The second kappa shape index (κ2) is 8.00. The highest BCUT2D eigenvalue weighted by Gasteiger charge is 2.40. The Balaban J connectivity index is 1.59. The number of nitrogens with zero attached hydrogens (tertiary/aromatic N) is 1. The number of carbonyl (C=O) groups is 1. The van der Waals surface area contributed by atoms with E-state index in [-0.39, 0.29) is 23.4 Å². The van der Waals surface area contributed by atoms with Crippen LogP contribution in [0.1, 0.15) is 31.2 Å². The minimum atomic E-state index is -3.89. The molecule has 0 spiro atoms. The summed E-state index contributed by atoms with van der Waals surface area (Å²) in [6.07, 6.45) is 4.57. The first-order chi connectivity index (χ1) is 13.8. The van der Waals surface area contributed by atoms with E-state index < -0.39 is 10.0 Å². The lowest BCUT2D eigenvalue weighted by atomic mass is 9.95. The molecule has 0 radical (unpaired) electrons. The number of fused-ring (bicyclic) bond motifs is 2. The van der Waals surface area contributed by atoms with Gasteiger partial charge < -0.3 is 5.32 Å². The third-order valence-electron chi connectivity index (χ3n) is 6.10. The van der Waals surface area contributed by atoms with Gasteiger partial charge in [0, 0.05) is 11.1 Å². The van der Waals surface area contributed by atoms with E-state index in [4.69, 9.17) is 11.6 Å². The van der Waals surface area contributed by atoms with Crippen LogP contribution in [0, 0.1) is 18.8 Å². The lowest BCUT2D eigenvalue weighted by Crippen LogP contribution is -2.45. The van der Waals surface area contributed by atoms with E-state index in [9.17, 15) is 13.2 Å². The Hall–Kier alpha value is -2.05. The summed E-state index contributed by atoms with van der Waals surface area (Å²) in [5.41, 5.74) is 1.38. The molecule has 2 aliphatic rings. The lowest BCUT2D eigenvalue weighted by molar-refractivity contribution is -0.120. The van der Waals surface area contributed by atoms with Gasteiger partial charge in [0.2, 0.25) is 5.91 Å². The fraction of sp³-hybridized carbons (Fsp3) is 0.409. The van der Waals surface area contributed by atoms with E-state index in [2.05, 4.69) is 5.32 Å². The van der Waals surface area contributed by atoms with Gasteiger partial charge in [-0.25, -0.2) is 8.42 Å². The topological polar surface area (TPSA) is 66.5 Å². The zero-order chi connectivity index (χ0) is 20.6. The van der Waals surface area contributed by atoms with Crippen molar-refractivity contribution in [1.29, 1.82) is 0 Å². The van der Waals surface area contributed by atoms with Gasteiger partial charge in [-0.2, -0.15) is 0 Å². The molecule has 2 saturated carbocycles. The van der Waals surface area contributed by atoms with E-state index in [1.54, 1.807) is 48.5 Å². The third kappa shape index (κ3) is 4.28. The molecule has 0 aromatic heterocycles. The van der Waals surface area contributed by atoms with Crippen molar-refractivity contribution in [2.45, 2.75) is 43.5 Å². The molecule has 7 heteroatoms. The predicted molar refractivity (Wildman–Crippen MR) is 115 cm³/mol. The first kappa shape index (κ1) is 20.2. The van der Waals surface area contributed by atoms with E-state index in [0.29, 0.717) is 22.5 Å². The lowest BCUT2D eigenvalue weighted by Gasteiger charge is -2.27. The molecule has 2 aromatic carbocycles. The molecule has 3 atom stereocenters. The molecule has 5 nitrogen and oxygen atoms in total. The Morgan fingerprint density at radius 1 is 1.07 bits per heavy atom. The molecule has 1 amide bonds. The fourth-order valence-electron chi connectivity index (χ4n) is 4.56. The van der Waals surface area contributed by atoms with E-state index in [0.717, 1.165) is 22.7 Å². The smallest absolute Gasteiger partial charge is 0.264 e. The van der Waals surface area contributed by atoms with Crippen molar-refractivity contribution in [2.24, 2.45) is 11.8 Å². The normalized spacial score (nSPS) is 23.2. The molecule has 2 aromatic rings. The van der Waals surface area contributed by atoms with Crippen molar-refractivity contribution in [3.8, 4) is 0 Å². The fourth-order valence-corrected chi connectivity index (χ4v) is 6.11. The van der Waals surface area contributed by atoms with Gasteiger partial charge in [-0.15, -0.1) is 0 Å². The third-order valence-corrected chi connectivity index (χ3v) is 8.14. The van der Waals surface area contributed by atoms with Gasteiger partial charge in [0.15, 0.2) is 0 Å². The molecule has 0 heterocycles. The Bertz CT molecular complexity index is 990. The maximum Gasteiger partial charge on any atom is 0.264 e. The maximum atomic E-state index is 13.3. The highest BCUT2D eigenvalue weighted by atomic mass is 35.5. The van der Waals surface area contributed by atoms with Gasteiger partial charge in [0.25, 0.3) is 10.0 Å². The zero-order valence-corrected chi connectivity index (χ0v) is 17.9. The highest BCUT2D eigenvalue weighted by molar-refractivity contribution is 7.92. The number of hydrogen-bond donors (Lipinski definition) is 1.